The lowest BCUT2D eigenvalue weighted by Crippen LogP contribution is -2.53. The van der Waals surface area contributed by atoms with Gasteiger partial charge < -0.3 is 14.6 Å². The monoisotopic (exact) mass is 334 g/mol. The number of rotatable bonds is 1. The number of benzene rings is 1. The molecule has 0 aromatic heterocycles. The van der Waals surface area contributed by atoms with Gasteiger partial charge >= 0.3 is 12.1 Å². The van der Waals surface area contributed by atoms with Gasteiger partial charge in [0.15, 0.2) is 0 Å². The highest BCUT2D eigenvalue weighted by Crippen LogP contribution is 2.51. The van der Waals surface area contributed by atoms with E-state index in [9.17, 15) is 19.5 Å². The number of methoxy groups -OCH3 is 2. The summed E-state index contributed by atoms with van der Waals surface area (Å²) in [5.74, 6) is -1.09. The van der Waals surface area contributed by atoms with Gasteiger partial charge in [0.05, 0.1) is 19.9 Å². The number of phenols is 1. The van der Waals surface area contributed by atoms with Crippen LogP contribution in [0.4, 0.5) is 10.5 Å². The predicted octanol–water partition coefficient (Wildman–Crippen LogP) is 1.18. The Kier molecular flexibility index (Phi) is 3.82. The van der Waals surface area contributed by atoms with Crippen LogP contribution < -0.4 is 4.90 Å². The number of fused-ring (bicyclic) bond motifs is 3. The lowest BCUT2D eigenvalue weighted by atomic mass is 9.96. The molecule has 128 valence electrons. The van der Waals surface area contributed by atoms with Crippen LogP contribution >= 0.6 is 0 Å². The van der Waals surface area contributed by atoms with E-state index in [1.807, 2.05) is 0 Å². The molecular formula is C16H18N2O6. The Morgan fingerprint density at radius 2 is 1.92 bits per heavy atom. The fourth-order valence-corrected chi connectivity index (χ4v) is 3.69. The van der Waals surface area contributed by atoms with Gasteiger partial charge in [0.1, 0.15) is 18.0 Å². The average Bonchev–Trinajstić information content (AvgIpc) is 3.06. The summed E-state index contributed by atoms with van der Waals surface area (Å²) in [6.45, 7) is 1.37. The highest BCUT2D eigenvalue weighted by atomic mass is 16.5. The summed E-state index contributed by atoms with van der Waals surface area (Å²) in [6.07, 6.45) is -1.08. The molecule has 2 aliphatic heterocycles. The Labute approximate surface area is 138 Å². The fraction of sp³-hybridized carbons (Fsp3) is 0.438. The SMILES string of the molecule is COC(=O)[C@@H]1C[C@@H]2c3ccc(O)cc3N(C(C)=O)[C@H]2N1C(=O)OC. The van der Waals surface area contributed by atoms with Gasteiger partial charge in [0, 0.05) is 18.9 Å². The van der Waals surface area contributed by atoms with Gasteiger partial charge in [0.2, 0.25) is 5.91 Å². The molecule has 0 bridgehead atoms. The van der Waals surface area contributed by atoms with Crippen LogP contribution in [0.1, 0.15) is 24.8 Å². The highest BCUT2D eigenvalue weighted by Gasteiger charge is 2.56. The average molecular weight is 334 g/mol. The molecule has 1 saturated heterocycles. The molecule has 24 heavy (non-hydrogen) atoms. The molecule has 0 aliphatic carbocycles. The maximum Gasteiger partial charge on any atom is 0.411 e. The van der Waals surface area contributed by atoms with E-state index >= 15 is 0 Å². The lowest BCUT2D eigenvalue weighted by molar-refractivity contribution is -0.146. The Morgan fingerprint density at radius 1 is 1.21 bits per heavy atom. The third kappa shape index (κ3) is 2.17. The number of amides is 2. The van der Waals surface area contributed by atoms with Crippen LogP contribution in [-0.4, -0.2) is 54.4 Å². The van der Waals surface area contributed by atoms with E-state index in [2.05, 4.69) is 0 Å². The molecule has 3 atom stereocenters. The zero-order valence-electron chi connectivity index (χ0n) is 13.6. The third-order valence-electron chi connectivity index (χ3n) is 4.59. The van der Waals surface area contributed by atoms with Crippen LogP contribution in [0.3, 0.4) is 0 Å². The smallest absolute Gasteiger partial charge is 0.411 e. The number of phenolic OH excluding ortho intramolecular Hbond substituents is 1. The van der Waals surface area contributed by atoms with Gasteiger partial charge in [0.25, 0.3) is 0 Å². The number of esters is 1. The number of carbonyl (C=O) groups is 3. The topological polar surface area (TPSA) is 96.4 Å². The van der Waals surface area contributed by atoms with Crippen molar-refractivity contribution in [2.24, 2.45) is 0 Å². The van der Waals surface area contributed by atoms with Crippen molar-refractivity contribution in [3.05, 3.63) is 23.8 Å². The Hall–Kier alpha value is -2.77. The first-order chi connectivity index (χ1) is 11.4. The molecule has 0 spiro atoms. The van der Waals surface area contributed by atoms with E-state index in [0.717, 1.165) is 5.56 Å². The van der Waals surface area contributed by atoms with Crippen molar-refractivity contribution in [2.45, 2.75) is 31.5 Å². The number of ether oxygens (including phenoxy) is 2. The standard InChI is InChI=1S/C16H18N2O6/c1-8(19)17-12-6-9(20)4-5-10(12)11-7-13(15(21)23-2)18(14(11)17)16(22)24-3/h4-6,11,13-14,20H,7H2,1-3H3/t11-,13+,14+/m1/s1. The first-order valence-electron chi connectivity index (χ1n) is 7.47. The molecule has 3 rings (SSSR count). The second-order valence-electron chi connectivity index (χ2n) is 5.80. The number of nitrogens with zero attached hydrogens (tertiary/aromatic N) is 2. The molecule has 8 heteroatoms. The molecule has 0 radical (unpaired) electrons. The molecule has 0 unspecified atom stereocenters. The van der Waals surface area contributed by atoms with Crippen molar-refractivity contribution in [1.82, 2.24) is 4.90 Å². The molecule has 1 aromatic rings. The summed E-state index contributed by atoms with van der Waals surface area (Å²) in [4.78, 5) is 39.3. The molecule has 8 nitrogen and oxygen atoms in total. The second kappa shape index (κ2) is 5.70. The molecule has 1 N–H and O–H groups in total. The van der Waals surface area contributed by atoms with Crippen molar-refractivity contribution in [2.75, 3.05) is 19.1 Å². The zero-order chi connectivity index (χ0) is 17.6. The molecule has 2 heterocycles. The number of anilines is 1. The van der Waals surface area contributed by atoms with Gasteiger partial charge in [-0.2, -0.15) is 0 Å². The van der Waals surface area contributed by atoms with Crippen LogP contribution in [-0.2, 0) is 19.1 Å². The van der Waals surface area contributed by atoms with Crippen LogP contribution in [0.2, 0.25) is 0 Å². The van der Waals surface area contributed by atoms with Crippen LogP contribution in [0, 0.1) is 0 Å². The minimum absolute atomic E-state index is 0.0223. The second-order valence-corrected chi connectivity index (χ2v) is 5.80. The van der Waals surface area contributed by atoms with Crippen LogP contribution in [0.15, 0.2) is 18.2 Å². The van der Waals surface area contributed by atoms with E-state index < -0.39 is 24.3 Å². The number of hydrogen-bond donors (Lipinski definition) is 1. The van der Waals surface area contributed by atoms with Crippen molar-refractivity contribution >= 4 is 23.7 Å². The number of likely N-dealkylation sites (tertiary alicyclic amines) is 1. The van der Waals surface area contributed by atoms with Crippen molar-refractivity contribution in [3.63, 3.8) is 0 Å². The summed E-state index contributed by atoms with van der Waals surface area (Å²) in [7, 11) is 2.47. The first-order valence-corrected chi connectivity index (χ1v) is 7.47. The minimum atomic E-state index is -0.832. The van der Waals surface area contributed by atoms with Crippen molar-refractivity contribution in [3.8, 4) is 5.75 Å². The molecule has 0 saturated carbocycles. The van der Waals surface area contributed by atoms with E-state index in [-0.39, 0.29) is 17.6 Å². The summed E-state index contributed by atoms with van der Waals surface area (Å²) in [5, 5.41) is 9.74. The fourth-order valence-electron chi connectivity index (χ4n) is 3.69. The quantitative estimate of drug-likeness (QED) is 0.775. The van der Waals surface area contributed by atoms with Gasteiger partial charge in [-0.3, -0.25) is 14.6 Å². The Balaban J connectivity index is 2.12. The highest BCUT2D eigenvalue weighted by molar-refractivity contribution is 5.97. The minimum Gasteiger partial charge on any atom is -0.508 e. The van der Waals surface area contributed by atoms with Crippen molar-refractivity contribution < 1.29 is 29.0 Å². The van der Waals surface area contributed by atoms with E-state index in [4.69, 9.17) is 9.47 Å². The largest absolute Gasteiger partial charge is 0.508 e. The third-order valence-corrected chi connectivity index (χ3v) is 4.59. The van der Waals surface area contributed by atoms with Crippen molar-refractivity contribution in [1.29, 1.82) is 0 Å². The summed E-state index contributed by atoms with van der Waals surface area (Å²) < 4.78 is 9.61. The van der Waals surface area contributed by atoms with Gasteiger partial charge in [-0.1, -0.05) is 6.07 Å². The molecule has 2 amide bonds. The van der Waals surface area contributed by atoms with E-state index in [1.54, 1.807) is 6.07 Å². The number of hydrogen-bond acceptors (Lipinski definition) is 6. The maximum absolute atomic E-state index is 12.3. The van der Waals surface area contributed by atoms with Gasteiger partial charge in [-0.15, -0.1) is 0 Å². The summed E-state index contributed by atoms with van der Waals surface area (Å²) in [5.41, 5.74) is 1.34. The summed E-state index contributed by atoms with van der Waals surface area (Å²) >= 11 is 0. The molecule has 1 fully saturated rings. The summed E-state index contributed by atoms with van der Waals surface area (Å²) in [6, 6.07) is 3.88. The van der Waals surface area contributed by atoms with Crippen LogP contribution in [0.5, 0.6) is 5.75 Å². The normalized spacial score (nSPS) is 24.4. The van der Waals surface area contributed by atoms with E-state index in [0.29, 0.717) is 12.1 Å². The first kappa shape index (κ1) is 16.1. The Morgan fingerprint density at radius 3 is 2.50 bits per heavy atom. The molecular weight excluding hydrogens is 316 g/mol. The number of carbonyl (C=O) groups excluding carboxylic acids is 3. The Bertz CT molecular complexity index is 719. The maximum atomic E-state index is 12.3. The zero-order valence-corrected chi connectivity index (χ0v) is 13.6. The van der Waals surface area contributed by atoms with Crippen LogP contribution in [0.25, 0.3) is 0 Å². The van der Waals surface area contributed by atoms with Gasteiger partial charge in [-0.05, 0) is 18.1 Å². The van der Waals surface area contributed by atoms with E-state index in [1.165, 1.54) is 43.1 Å². The molecule has 2 aliphatic rings. The van der Waals surface area contributed by atoms with Gasteiger partial charge in [-0.25, -0.2) is 9.59 Å². The predicted molar refractivity (Wildman–Crippen MR) is 82.5 cm³/mol. The lowest BCUT2D eigenvalue weighted by Gasteiger charge is -2.33. The number of aromatic hydroxyl groups is 1. The molecule has 1 aromatic carbocycles.